The average molecular weight is 542 g/mol. The van der Waals surface area contributed by atoms with Gasteiger partial charge in [0, 0.05) is 25.7 Å². The largest absolute Gasteiger partial charge is 0.463 e. The summed E-state index contributed by atoms with van der Waals surface area (Å²) in [6, 6.07) is 12.7. The zero-order valence-corrected chi connectivity index (χ0v) is 22.1. The number of aryl methyl sites for hydroxylation is 1. The van der Waals surface area contributed by atoms with Crippen LogP contribution in [0.5, 0.6) is 0 Å². The third-order valence-electron chi connectivity index (χ3n) is 6.07. The quantitative estimate of drug-likeness (QED) is 0.293. The lowest BCUT2D eigenvalue weighted by Gasteiger charge is -2.47. The zero-order valence-electron chi connectivity index (χ0n) is 21.2. The minimum Gasteiger partial charge on any atom is -0.463 e. The number of carbonyl (C=O) groups excluding carboxylic acids is 5. The van der Waals surface area contributed by atoms with Crippen molar-refractivity contribution < 1.29 is 42.9 Å². The van der Waals surface area contributed by atoms with E-state index < -0.39 is 59.5 Å². The summed E-state index contributed by atoms with van der Waals surface area (Å²) < 4.78 is 22.6. The summed E-state index contributed by atoms with van der Waals surface area (Å²) in [5, 5.41) is 0. The van der Waals surface area contributed by atoms with Gasteiger partial charge in [-0.1, -0.05) is 41.6 Å². The highest BCUT2D eigenvalue weighted by molar-refractivity contribution is 7.99. The number of ether oxygens (including phenoxy) is 4. The molecule has 0 saturated carbocycles. The van der Waals surface area contributed by atoms with Crippen LogP contribution in [0.15, 0.2) is 53.4 Å². The average Bonchev–Trinajstić information content (AvgIpc) is 3.10. The molecule has 0 spiro atoms. The van der Waals surface area contributed by atoms with E-state index in [0.717, 1.165) is 22.3 Å². The highest BCUT2D eigenvalue weighted by atomic mass is 32.2. The van der Waals surface area contributed by atoms with E-state index in [0.29, 0.717) is 0 Å². The number of thioether (sulfide) groups is 1. The number of carbonyl (C=O) groups is 5. The Balaban J connectivity index is 1.82. The van der Waals surface area contributed by atoms with Crippen LogP contribution in [-0.2, 0) is 33.3 Å². The number of hydrogen-bond donors (Lipinski definition) is 0. The number of imide groups is 1. The minimum atomic E-state index is -1.31. The van der Waals surface area contributed by atoms with Crippen LogP contribution in [0.4, 0.5) is 0 Å². The van der Waals surface area contributed by atoms with Crippen molar-refractivity contribution in [1.82, 2.24) is 4.90 Å². The molecule has 0 bridgehead atoms. The van der Waals surface area contributed by atoms with Gasteiger partial charge in [-0.05, 0) is 31.2 Å². The Labute approximate surface area is 223 Å². The fourth-order valence-electron chi connectivity index (χ4n) is 4.48. The van der Waals surface area contributed by atoms with Gasteiger partial charge in [0.05, 0.1) is 11.1 Å². The summed E-state index contributed by atoms with van der Waals surface area (Å²) in [4.78, 5) is 64.8. The number of hydrogen-bond acceptors (Lipinski definition) is 10. The van der Waals surface area contributed by atoms with Gasteiger partial charge in [0.2, 0.25) is 0 Å². The molecule has 2 aliphatic rings. The molecule has 4 rings (SSSR count). The smallest absolute Gasteiger partial charge is 0.303 e. The number of esters is 3. The van der Waals surface area contributed by atoms with Gasteiger partial charge < -0.3 is 18.9 Å². The summed E-state index contributed by atoms with van der Waals surface area (Å²) >= 11 is 1.20. The summed E-state index contributed by atoms with van der Waals surface area (Å²) in [6.07, 6.45) is -3.64. The second-order valence-electron chi connectivity index (χ2n) is 8.94. The van der Waals surface area contributed by atoms with E-state index in [1.807, 2.05) is 31.2 Å². The van der Waals surface area contributed by atoms with Crippen LogP contribution in [0.2, 0.25) is 0 Å². The first kappa shape index (κ1) is 27.3. The van der Waals surface area contributed by atoms with E-state index >= 15 is 0 Å². The molecule has 1 fully saturated rings. The van der Waals surface area contributed by atoms with Crippen LogP contribution in [0.25, 0.3) is 0 Å². The molecule has 2 aromatic rings. The number of fused-ring (bicyclic) bond motifs is 1. The third-order valence-corrected chi connectivity index (χ3v) is 7.23. The van der Waals surface area contributed by atoms with Crippen LogP contribution in [0.3, 0.4) is 0 Å². The lowest BCUT2D eigenvalue weighted by molar-refractivity contribution is -0.216. The molecule has 10 nitrogen and oxygen atoms in total. The molecular weight excluding hydrogens is 514 g/mol. The molecule has 0 radical (unpaired) electrons. The lowest BCUT2D eigenvalue weighted by Crippen LogP contribution is -2.66. The van der Waals surface area contributed by atoms with Gasteiger partial charge >= 0.3 is 17.9 Å². The van der Waals surface area contributed by atoms with Crippen LogP contribution in [0, 0.1) is 6.92 Å². The molecule has 0 N–H and O–H groups in total. The SMILES string of the molecule is CC(=O)OC[C@H]1O[C@@H](Sc2ccc(C)cc2)[C@H](N2C(=O)c3ccccc3C2=O)[C@@H](OC(C)=O)[C@H]1OC(C)=O. The van der Waals surface area contributed by atoms with Crippen molar-refractivity contribution in [1.29, 1.82) is 0 Å². The van der Waals surface area contributed by atoms with E-state index in [-0.39, 0.29) is 17.7 Å². The molecule has 2 aromatic carbocycles. The van der Waals surface area contributed by atoms with Crippen molar-refractivity contribution >= 4 is 41.5 Å². The fraction of sp³-hybridized carbons (Fsp3) is 0.370. The number of benzene rings is 2. The van der Waals surface area contributed by atoms with Gasteiger partial charge in [-0.2, -0.15) is 0 Å². The van der Waals surface area contributed by atoms with E-state index in [1.165, 1.54) is 37.7 Å². The Morgan fingerprint density at radius 3 is 1.92 bits per heavy atom. The maximum absolute atomic E-state index is 13.5. The zero-order chi connectivity index (χ0) is 27.6. The molecular formula is C27H27NO9S. The maximum Gasteiger partial charge on any atom is 0.303 e. The molecule has 1 saturated heterocycles. The van der Waals surface area contributed by atoms with Gasteiger partial charge in [-0.15, -0.1) is 0 Å². The highest BCUT2D eigenvalue weighted by Crippen LogP contribution is 2.41. The molecule has 0 aliphatic carbocycles. The Hall–Kier alpha value is -3.70. The Morgan fingerprint density at radius 1 is 0.842 bits per heavy atom. The van der Waals surface area contributed by atoms with Crippen molar-refractivity contribution in [3.63, 3.8) is 0 Å². The van der Waals surface area contributed by atoms with Crippen LogP contribution < -0.4 is 0 Å². The predicted molar refractivity (Wildman–Crippen MR) is 134 cm³/mol. The number of amides is 2. The van der Waals surface area contributed by atoms with E-state index in [4.69, 9.17) is 18.9 Å². The molecule has 2 amide bonds. The Kier molecular flexibility index (Phi) is 8.17. The Morgan fingerprint density at radius 2 is 1.39 bits per heavy atom. The molecule has 0 unspecified atom stereocenters. The van der Waals surface area contributed by atoms with E-state index in [1.54, 1.807) is 12.1 Å². The molecule has 5 atom stereocenters. The van der Waals surface area contributed by atoms with Crippen LogP contribution in [0.1, 0.15) is 47.1 Å². The van der Waals surface area contributed by atoms with Crippen LogP contribution >= 0.6 is 11.8 Å². The summed E-state index contributed by atoms with van der Waals surface area (Å²) in [6.45, 7) is 5.17. The van der Waals surface area contributed by atoms with Gasteiger partial charge in [-0.25, -0.2) is 0 Å². The van der Waals surface area contributed by atoms with E-state index in [9.17, 15) is 24.0 Å². The van der Waals surface area contributed by atoms with Gasteiger partial charge in [0.15, 0.2) is 12.2 Å². The van der Waals surface area contributed by atoms with Crippen molar-refractivity contribution in [3.05, 3.63) is 65.2 Å². The number of rotatable bonds is 7. The minimum absolute atomic E-state index is 0.198. The fourth-order valence-corrected chi connectivity index (χ4v) is 5.66. The molecule has 11 heteroatoms. The first-order chi connectivity index (χ1) is 18.1. The van der Waals surface area contributed by atoms with Crippen molar-refractivity contribution in [2.45, 2.75) is 62.4 Å². The molecule has 38 heavy (non-hydrogen) atoms. The van der Waals surface area contributed by atoms with Gasteiger partial charge in [-0.3, -0.25) is 28.9 Å². The lowest BCUT2D eigenvalue weighted by atomic mass is 9.96. The summed E-state index contributed by atoms with van der Waals surface area (Å²) in [5.74, 6) is -3.21. The third kappa shape index (κ3) is 5.73. The standard InChI is InChI=1S/C27H27NO9S/c1-14-9-11-18(12-10-14)38-27-22(28-25(32)19-7-5-6-8-20(19)26(28)33)24(36-17(4)31)23(35-16(3)30)21(37-27)13-34-15(2)29/h5-12,21-24,27H,13H2,1-4H3/t21-,22-,23+,24-,27+/m1/s1. The normalized spacial score (nSPS) is 24.5. The van der Waals surface area contributed by atoms with Crippen molar-refractivity contribution in [2.75, 3.05) is 6.61 Å². The molecule has 0 aromatic heterocycles. The Bertz CT molecular complexity index is 1230. The number of nitrogens with zero attached hydrogens (tertiary/aromatic N) is 1. The second kappa shape index (κ2) is 11.4. The van der Waals surface area contributed by atoms with Gasteiger partial charge in [0.1, 0.15) is 24.2 Å². The molecule has 200 valence electrons. The monoisotopic (exact) mass is 541 g/mol. The van der Waals surface area contributed by atoms with E-state index in [2.05, 4.69) is 0 Å². The second-order valence-corrected chi connectivity index (χ2v) is 10.1. The highest BCUT2D eigenvalue weighted by Gasteiger charge is 2.57. The predicted octanol–water partition coefficient (Wildman–Crippen LogP) is 2.90. The first-order valence-electron chi connectivity index (χ1n) is 11.9. The molecule has 2 aliphatic heterocycles. The topological polar surface area (TPSA) is 126 Å². The van der Waals surface area contributed by atoms with Crippen molar-refractivity contribution in [3.8, 4) is 0 Å². The van der Waals surface area contributed by atoms with Crippen LogP contribution in [-0.4, -0.2) is 71.0 Å². The summed E-state index contributed by atoms with van der Waals surface area (Å²) in [7, 11) is 0. The van der Waals surface area contributed by atoms with Gasteiger partial charge in [0.25, 0.3) is 11.8 Å². The summed E-state index contributed by atoms with van der Waals surface area (Å²) in [5.41, 5.74) is 0.446. The molecule has 2 heterocycles. The first-order valence-corrected chi connectivity index (χ1v) is 12.8. The van der Waals surface area contributed by atoms with Crippen molar-refractivity contribution in [2.24, 2.45) is 0 Å². The maximum atomic E-state index is 13.5.